The predicted molar refractivity (Wildman–Crippen MR) is 69.4 cm³/mol. The van der Waals surface area contributed by atoms with Gasteiger partial charge in [0.15, 0.2) is 0 Å². The number of anilines is 1. The fourth-order valence-corrected chi connectivity index (χ4v) is 1.51. The van der Waals surface area contributed by atoms with Crippen LogP contribution in [0.25, 0.3) is 0 Å². The van der Waals surface area contributed by atoms with Crippen molar-refractivity contribution in [3.05, 3.63) is 35.7 Å². The Hall–Kier alpha value is -2.70. The summed E-state index contributed by atoms with van der Waals surface area (Å²) >= 11 is 0. The fourth-order valence-electron chi connectivity index (χ4n) is 1.51. The third-order valence-corrected chi connectivity index (χ3v) is 2.38. The molecule has 7 heteroatoms. The molecule has 1 aromatic carbocycles. The summed E-state index contributed by atoms with van der Waals surface area (Å²) in [6.45, 7) is 3.12. The lowest BCUT2D eigenvalue weighted by Gasteiger charge is -2.07. The van der Waals surface area contributed by atoms with Gasteiger partial charge in [0.25, 0.3) is 5.91 Å². The van der Waals surface area contributed by atoms with Crippen molar-refractivity contribution >= 4 is 17.9 Å². The number of nitrogens with zero attached hydrogens (tertiary/aromatic N) is 2. The molecule has 0 atom stereocenters. The molecule has 20 heavy (non-hydrogen) atoms. The van der Waals surface area contributed by atoms with Crippen LogP contribution in [0.4, 0.5) is 6.01 Å². The smallest absolute Gasteiger partial charge is 0.322 e. The summed E-state index contributed by atoms with van der Waals surface area (Å²) in [5.74, 6) is -0.397. The number of aromatic nitrogens is 2. The molecule has 1 heterocycles. The summed E-state index contributed by atoms with van der Waals surface area (Å²) in [4.78, 5) is 23.1. The van der Waals surface area contributed by atoms with Gasteiger partial charge in [-0.1, -0.05) is 24.2 Å². The summed E-state index contributed by atoms with van der Waals surface area (Å²) < 4.78 is 10.1. The number of hydrogen-bond acceptors (Lipinski definition) is 6. The number of esters is 1. The van der Waals surface area contributed by atoms with Crippen molar-refractivity contribution in [3.63, 3.8) is 0 Å². The van der Waals surface area contributed by atoms with Crippen molar-refractivity contribution < 1.29 is 18.7 Å². The number of hydrogen-bond donors (Lipinski definition) is 1. The van der Waals surface area contributed by atoms with Crippen molar-refractivity contribution in [2.45, 2.75) is 20.3 Å². The topological polar surface area (TPSA) is 94.3 Å². The van der Waals surface area contributed by atoms with Crippen molar-refractivity contribution in [2.24, 2.45) is 0 Å². The van der Waals surface area contributed by atoms with Gasteiger partial charge in [0.1, 0.15) is 5.75 Å². The Balaban J connectivity index is 2.18. The number of para-hydroxylation sites is 1. The number of carbonyl (C=O) groups is 2. The molecule has 104 valence electrons. The second-order valence-corrected chi connectivity index (χ2v) is 3.90. The van der Waals surface area contributed by atoms with Gasteiger partial charge >= 0.3 is 12.0 Å². The van der Waals surface area contributed by atoms with Crippen LogP contribution >= 0.6 is 0 Å². The average Bonchev–Trinajstić information content (AvgIpc) is 2.86. The molecule has 0 aliphatic carbocycles. The highest BCUT2D eigenvalue weighted by atomic mass is 16.5. The number of carbonyl (C=O) groups excluding carboxylic acids is 2. The SMILES string of the molecule is CCc1nnc(NC(=O)c2ccccc2OC(C)=O)o1. The van der Waals surface area contributed by atoms with E-state index < -0.39 is 11.9 Å². The Labute approximate surface area is 115 Å². The first-order chi connectivity index (χ1) is 9.60. The van der Waals surface area contributed by atoms with E-state index in [9.17, 15) is 9.59 Å². The molecular weight excluding hydrogens is 262 g/mol. The summed E-state index contributed by atoms with van der Waals surface area (Å²) in [6, 6.07) is 6.39. The summed E-state index contributed by atoms with van der Waals surface area (Å²) in [6.07, 6.45) is 0.576. The van der Waals surface area contributed by atoms with E-state index in [0.29, 0.717) is 12.3 Å². The molecule has 1 N–H and O–H groups in total. The van der Waals surface area contributed by atoms with Gasteiger partial charge in [-0.15, -0.1) is 5.10 Å². The lowest BCUT2D eigenvalue weighted by molar-refractivity contribution is -0.131. The van der Waals surface area contributed by atoms with Crippen LogP contribution < -0.4 is 10.1 Å². The van der Waals surface area contributed by atoms with Crippen molar-refractivity contribution in [3.8, 4) is 5.75 Å². The van der Waals surface area contributed by atoms with E-state index in [-0.39, 0.29) is 17.3 Å². The Morgan fingerprint density at radius 3 is 2.70 bits per heavy atom. The van der Waals surface area contributed by atoms with Crippen molar-refractivity contribution in [1.82, 2.24) is 10.2 Å². The zero-order chi connectivity index (χ0) is 14.5. The molecule has 0 aliphatic rings. The number of rotatable bonds is 4. The van der Waals surface area contributed by atoms with Crippen molar-refractivity contribution in [2.75, 3.05) is 5.32 Å². The Morgan fingerprint density at radius 2 is 2.05 bits per heavy atom. The van der Waals surface area contributed by atoms with E-state index in [1.54, 1.807) is 12.1 Å². The minimum Gasteiger partial charge on any atom is -0.426 e. The Kier molecular flexibility index (Phi) is 4.09. The second kappa shape index (κ2) is 5.96. The van der Waals surface area contributed by atoms with Gasteiger partial charge in [-0.25, -0.2) is 0 Å². The van der Waals surface area contributed by atoms with E-state index >= 15 is 0 Å². The van der Waals surface area contributed by atoms with Crippen LogP contribution in [0.15, 0.2) is 28.7 Å². The van der Waals surface area contributed by atoms with Gasteiger partial charge in [0.05, 0.1) is 5.56 Å². The fraction of sp³-hybridized carbons (Fsp3) is 0.231. The van der Waals surface area contributed by atoms with Crippen molar-refractivity contribution in [1.29, 1.82) is 0 Å². The van der Waals surface area contributed by atoms with Crippen LogP contribution in [0, 0.1) is 0 Å². The Bertz CT molecular complexity index is 636. The molecule has 0 aliphatic heterocycles. The number of amides is 1. The highest BCUT2D eigenvalue weighted by Gasteiger charge is 2.16. The van der Waals surface area contributed by atoms with Gasteiger partial charge < -0.3 is 9.15 Å². The normalized spacial score (nSPS) is 10.1. The molecule has 1 amide bonds. The lowest BCUT2D eigenvalue weighted by Crippen LogP contribution is -2.15. The first-order valence-electron chi connectivity index (χ1n) is 6.01. The quantitative estimate of drug-likeness (QED) is 0.675. The maximum Gasteiger partial charge on any atom is 0.322 e. The molecule has 7 nitrogen and oxygen atoms in total. The van der Waals surface area contributed by atoms with Crippen LogP contribution in [-0.4, -0.2) is 22.1 Å². The Morgan fingerprint density at radius 1 is 1.30 bits per heavy atom. The summed E-state index contributed by atoms with van der Waals surface area (Å²) in [7, 11) is 0. The molecule has 0 fully saturated rings. The number of ether oxygens (including phenoxy) is 1. The summed E-state index contributed by atoms with van der Waals surface area (Å²) in [5, 5.41) is 9.88. The highest BCUT2D eigenvalue weighted by molar-refractivity contribution is 6.05. The third-order valence-electron chi connectivity index (χ3n) is 2.38. The van der Waals surface area contributed by atoms with Crippen LogP contribution in [0.1, 0.15) is 30.1 Å². The van der Waals surface area contributed by atoms with E-state index in [4.69, 9.17) is 9.15 Å². The highest BCUT2D eigenvalue weighted by Crippen LogP contribution is 2.19. The maximum absolute atomic E-state index is 12.1. The molecule has 0 saturated heterocycles. The standard InChI is InChI=1S/C13H13N3O4/c1-3-11-15-16-13(20-11)14-12(18)9-6-4-5-7-10(9)19-8(2)17/h4-7H,3H2,1-2H3,(H,14,16,18). The van der Waals surface area contributed by atoms with E-state index in [2.05, 4.69) is 15.5 Å². The largest absolute Gasteiger partial charge is 0.426 e. The molecule has 0 saturated carbocycles. The van der Waals surface area contributed by atoms with Crippen LogP contribution in [0.5, 0.6) is 5.75 Å². The van der Waals surface area contributed by atoms with Crippen LogP contribution in [-0.2, 0) is 11.2 Å². The molecule has 0 radical (unpaired) electrons. The predicted octanol–water partition coefficient (Wildman–Crippen LogP) is 1.81. The first-order valence-corrected chi connectivity index (χ1v) is 6.01. The number of aryl methyl sites for hydroxylation is 1. The molecule has 1 aromatic heterocycles. The van der Waals surface area contributed by atoms with Gasteiger partial charge in [-0.05, 0) is 12.1 Å². The van der Waals surface area contributed by atoms with Gasteiger partial charge in [0, 0.05) is 13.3 Å². The first kappa shape index (κ1) is 13.7. The monoisotopic (exact) mass is 275 g/mol. The van der Waals surface area contributed by atoms with E-state index in [0.717, 1.165) is 0 Å². The average molecular weight is 275 g/mol. The summed E-state index contributed by atoms with van der Waals surface area (Å²) in [5.41, 5.74) is 0.207. The minimum atomic E-state index is -0.503. The van der Waals surface area contributed by atoms with E-state index in [1.165, 1.54) is 19.1 Å². The minimum absolute atomic E-state index is 0.00415. The molecular formula is C13H13N3O4. The lowest BCUT2D eigenvalue weighted by atomic mass is 10.2. The zero-order valence-electron chi connectivity index (χ0n) is 11.0. The third kappa shape index (κ3) is 3.19. The van der Waals surface area contributed by atoms with Gasteiger partial charge in [-0.3, -0.25) is 14.9 Å². The van der Waals surface area contributed by atoms with E-state index in [1.807, 2.05) is 6.92 Å². The zero-order valence-corrected chi connectivity index (χ0v) is 11.0. The maximum atomic E-state index is 12.1. The molecule has 0 unspecified atom stereocenters. The number of benzene rings is 1. The van der Waals surface area contributed by atoms with Gasteiger partial charge in [-0.2, -0.15) is 0 Å². The van der Waals surface area contributed by atoms with Crippen LogP contribution in [0.2, 0.25) is 0 Å². The van der Waals surface area contributed by atoms with Crippen LogP contribution in [0.3, 0.4) is 0 Å². The number of nitrogens with one attached hydrogen (secondary N) is 1. The molecule has 0 spiro atoms. The van der Waals surface area contributed by atoms with Gasteiger partial charge in [0.2, 0.25) is 5.89 Å². The molecule has 2 aromatic rings. The molecule has 2 rings (SSSR count). The second-order valence-electron chi connectivity index (χ2n) is 3.90. The molecule has 0 bridgehead atoms.